The summed E-state index contributed by atoms with van der Waals surface area (Å²) in [6.45, 7) is 0.930. The Bertz CT molecular complexity index is 125. The van der Waals surface area contributed by atoms with Gasteiger partial charge in [0.2, 0.25) is 0 Å². The zero-order chi connectivity index (χ0) is 7.40. The van der Waals surface area contributed by atoms with Crippen LogP contribution in [0.15, 0.2) is 0 Å². The van der Waals surface area contributed by atoms with Crippen molar-refractivity contribution < 1.29 is 7.96 Å². The third-order valence-corrected chi connectivity index (χ3v) is 1.74. The first-order valence-corrected chi connectivity index (χ1v) is 4.03. The Labute approximate surface area is 73.3 Å². The molecule has 58 valence electrons. The number of hydroxylamine groups is 1. The maximum absolute atomic E-state index is 10.9. The van der Waals surface area contributed by atoms with Gasteiger partial charge in [-0.25, -0.2) is 8.65 Å². The topological polar surface area (TPSA) is 50.4 Å². The Morgan fingerprint density at radius 1 is 1.80 bits per heavy atom. The lowest BCUT2D eigenvalue weighted by atomic mass is 10.2. The molecule has 1 aliphatic heterocycles. The molecule has 0 aliphatic carbocycles. The van der Waals surface area contributed by atoms with Gasteiger partial charge in [0.1, 0.15) is 23.0 Å². The Balaban J connectivity index is 2.25. The van der Waals surface area contributed by atoms with E-state index in [0.717, 1.165) is 19.4 Å². The highest BCUT2D eigenvalue weighted by molar-refractivity contribution is 14.1. The fourth-order valence-electron chi connectivity index (χ4n) is 1.02. The number of halogens is 1. The lowest BCUT2D eigenvalue weighted by molar-refractivity contribution is -0.127. The molecule has 0 bridgehead atoms. The molecule has 2 N–H and O–H groups in total. The molecule has 0 aromatic rings. The normalized spacial score (nSPS) is 24.7. The van der Waals surface area contributed by atoms with Crippen LogP contribution in [0.25, 0.3) is 0 Å². The highest BCUT2D eigenvalue weighted by Gasteiger charge is 2.21. The summed E-state index contributed by atoms with van der Waals surface area (Å²) in [5.74, 6) is -0.0769. The van der Waals surface area contributed by atoms with E-state index in [1.165, 1.54) is 0 Å². The second-order valence-electron chi connectivity index (χ2n) is 2.19. The smallest absolute Gasteiger partial charge is 0.261 e. The van der Waals surface area contributed by atoms with Crippen molar-refractivity contribution >= 4 is 28.9 Å². The van der Waals surface area contributed by atoms with E-state index >= 15 is 0 Å². The molecule has 0 spiro atoms. The summed E-state index contributed by atoms with van der Waals surface area (Å²) in [4.78, 5) is 10.9. The van der Waals surface area contributed by atoms with E-state index in [4.69, 9.17) is 0 Å². The molecule has 5 heteroatoms. The third kappa shape index (κ3) is 2.06. The number of nitrogens with one attached hydrogen (secondary N) is 2. The molecule has 1 unspecified atom stereocenters. The van der Waals surface area contributed by atoms with Crippen LogP contribution >= 0.6 is 23.0 Å². The zero-order valence-corrected chi connectivity index (χ0v) is 7.55. The average Bonchev–Trinajstić information content (AvgIpc) is 2.38. The fraction of sp³-hybridized carbons (Fsp3) is 0.800. The molecular weight excluding hydrogens is 247 g/mol. The monoisotopic (exact) mass is 256 g/mol. The molecule has 0 aromatic carbocycles. The Morgan fingerprint density at radius 2 is 2.60 bits per heavy atom. The first kappa shape index (κ1) is 8.22. The highest BCUT2D eigenvalue weighted by Crippen LogP contribution is 2.04. The predicted molar refractivity (Wildman–Crippen MR) is 44.3 cm³/mol. The summed E-state index contributed by atoms with van der Waals surface area (Å²) in [5.41, 5.74) is 2.27. The highest BCUT2D eigenvalue weighted by atomic mass is 127. The minimum absolute atomic E-state index is 0.0465. The van der Waals surface area contributed by atoms with Crippen molar-refractivity contribution in [2.75, 3.05) is 6.54 Å². The summed E-state index contributed by atoms with van der Waals surface area (Å²) in [6, 6.07) is -0.0465. The van der Waals surface area contributed by atoms with Crippen molar-refractivity contribution in [2.45, 2.75) is 18.9 Å². The molecular formula is C5H9IN2O2. The van der Waals surface area contributed by atoms with Crippen molar-refractivity contribution in [2.24, 2.45) is 0 Å². The molecule has 0 aromatic heterocycles. The molecule has 1 saturated heterocycles. The van der Waals surface area contributed by atoms with Gasteiger partial charge in [-0.2, -0.15) is 0 Å². The lowest BCUT2D eigenvalue weighted by Crippen LogP contribution is -2.39. The maximum atomic E-state index is 10.9. The predicted octanol–water partition coefficient (Wildman–Crippen LogP) is 0.136. The molecule has 1 amide bonds. The molecule has 0 radical (unpaired) electrons. The summed E-state index contributed by atoms with van der Waals surface area (Å²) in [7, 11) is 0. The maximum Gasteiger partial charge on any atom is 0.261 e. The first-order valence-electron chi connectivity index (χ1n) is 3.15. The number of carbonyl (C=O) groups is 1. The summed E-state index contributed by atoms with van der Waals surface area (Å²) in [5, 5.41) is 3.05. The second kappa shape index (κ2) is 4.09. The van der Waals surface area contributed by atoms with Gasteiger partial charge >= 0.3 is 0 Å². The van der Waals surface area contributed by atoms with Crippen molar-refractivity contribution in [3.8, 4) is 0 Å². The van der Waals surface area contributed by atoms with E-state index in [9.17, 15) is 4.79 Å². The molecule has 1 heterocycles. The van der Waals surface area contributed by atoms with Crippen LogP contribution in [0.1, 0.15) is 12.8 Å². The summed E-state index contributed by atoms with van der Waals surface area (Å²) < 4.78 is 4.45. The van der Waals surface area contributed by atoms with Crippen molar-refractivity contribution in [1.82, 2.24) is 10.8 Å². The van der Waals surface area contributed by atoms with Gasteiger partial charge < -0.3 is 5.32 Å². The quantitative estimate of drug-likeness (QED) is 0.545. The lowest BCUT2D eigenvalue weighted by Gasteiger charge is -2.06. The van der Waals surface area contributed by atoms with Gasteiger partial charge in [0.25, 0.3) is 5.91 Å². The number of rotatable bonds is 2. The molecule has 1 fully saturated rings. The van der Waals surface area contributed by atoms with Crippen LogP contribution in [0.2, 0.25) is 0 Å². The van der Waals surface area contributed by atoms with Gasteiger partial charge in [-0.05, 0) is 19.4 Å². The summed E-state index contributed by atoms with van der Waals surface area (Å²) >= 11 is 1.63. The van der Waals surface area contributed by atoms with Crippen LogP contribution in [0, 0.1) is 0 Å². The van der Waals surface area contributed by atoms with Crippen LogP contribution < -0.4 is 10.8 Å². The van der Waals surface area contributed by atoms with Gasteiger partial charge in [-0.15, -0.1) is 0 Å². The van der Waals surface area contributed by atoms with Crippen LogP contribution in [0.3, 0.4) is 0 Å². The Morgan fingerprint density at radius 3 is 3.10 bits per heavy atom. The zero-order valence-electron chi connectivity index (χ0n) is 5.39. The van der Waals surface area contributed by atoms with Crippen molar-refractivity contribution in [1.29, 1.82) is 0 Å². The Kier molecular flexibility index (Phi) is 3.36. The molecule has 1 rings (SSSR count). The van der Waals surface area contributed by atoms with Gasteiger partial charge in [-0.3, -0.25) is 4.79 Å². The molecule has 0 saturated carbocycles. The third-order valence-electron chi connectivity index (χ3n) is 1.52. The number of hydrogen-bond donors (Lipinski definition) is 2. The standard InChI is InChI=1S/C5H9IN2O2/c6-10-8-5(9)4-2-1-3-7-4/h4,7H,1-3H2,(H,8,9). The fourth-order valence-corrected chi connectivity index (χ4v) is 1.23. The van der Waals surface area contributed by atoms with Crippen molar-refractivity contribution in [3.05, 3.63) is 0 Å². The average molecular weight is 256 g/mol. The van der Waals surface area contributed by atoms with E-state index in [-0.39, 0.29) is 11.9 Å². The van der Waals surface area contributed by atoms with E-state index in [1.54, 1.807) is 23.0 Å². The largest absolute Gasteiger partial charge is 0.306 e. The number of amides is 1. The van der Waals surface area contributed by atoms with Gasteiger partial charge in [0, 0.05) is 0 Å². The minimum Gasteiger partial charge on any atom is -0.306 e. The van der Waals surface area contributed by atoms with Crippen LogP contribution in [0.4, 0.5) is 0 Å². The molecule has 4 nitrogen and oxygen atoms in total. The van der Waals surface area contributed by atoms with Crippen LogP contribution in [0.5, 0.6) is 0 Å². The summed E-state index contributed by atoms with van der Waals surface area (Å²) in [6.07, 6.45) is 1.98. The van der Waals surface area contributed by atoms with E-state index < -0.39 is 0 Å². The van der Waals surface area contributed by atoms with E-state index in [0.29, 0.717) is 0 Å². The minimum atomic E-state index is -0.0769. The first-order chi connectivity index (χ1) is 4.84. The van der Waals surface area contributed by atoms with Gasteiger partial charge in [-0.1, -0.05) is 0 Å². The van der Waals surface area contributed by atoms with Crippen LogP contribution in [-0.4, -0.2) is 18.5 Å². The molecule has 10 heavy (non-hydrogen) atoms. The molecule has 1 aliphatic rings. The van der Waals surface area contributed by atoms with Gasteiger partial charge in [0.15, 0.2) is 0 Å². The van der Waals surface area contributed by atoms with E-state index in [1.807, 2.05) is 0 Å². The van der Waals surface area contributed by atoms with Gasteiger partial charge in [0.05, 0.1) is 6.04 Å². The SMILES string of the molecule is O=C(NOI)C1CCCN1. The van der Waals surface area contributed by atoms with Crippen LogP contribution in [-0.2, 0) is 7.96 Å². The number of hydrogen-bond acceptors (Lipinski definition) is 3. The van der Waals surface area contributed by atoms with E-state index in [2.05, 4.69) is 14.0 Å². The number of carbonyl (C=O) groups excluding carboxylic acids is 1. The second-order valence-corrected chi connectivity index (χ2v) is 2.63. The Hall–Kier alpha value is 0.120. The molecule has 1 atom stereocenters. The van der Waals surface area contributed by atoms with Crippen molar-refractivity contribution in [3.63, 3.8) is 0 Å².